The molecule has 12 heavy (non-hydrogen) atoms. The van der Waals surface area contributed by atoms with E-state index in [0.29, 0.717) is 5.82 Å². The first-order valence-electron chi connectivity index (χ1n) is 3.29. The van der Waals surface area contributed by atoms with Crippen LogP contribution in [0.1, 0.15) is 5.82 Å². The summed E-state index contributed by atoms with van der Waals surface area (Å²) < 4.78 is 0. The van der Waals surface area contributed by atoms with E-state index in [-0.39, 0.29) is 12.0 Å². The summed E-state index contributed by atoms with van der Waals surface area (Å²) >= 11 is 0. The van der Waals surface area contributed by atoms with E-state index in [9.17, 15) is 0 Å². The second-order valence-electron chi connectivity index (χ2n) is 2.11. The number of hydrogen-bond acceptors (Lipinski definition) is 5. The minimum absolute atomic E-state index is 0.0700. The average Bonchev–Trinajstić information content (AvgIpc) is 2.05. The molecule has 0 aliphatic carbocycles. The summed E-state index contributed by atoms with van der Waals surface area (Å²) in [7, 11) is -1.61. The SMILES string of the molecule is N#CCc1nccc(B(O)O)n1. The molecule has 1 aromatic rings. The third-order valence-corrected chi connectivity index (χ3v) is 1.23. The number of nitriles is 1. The Kier molecular flexibility index (Phi) is 2.74. The Morgan fingerprint density at radius 2 is 2.33 bits per heavy atom. The fraction of sp³-hybridized carbons (Fsp3) is 0.167. The Balaban J connectivity index is 2.90. The molecule has 0 atom stereocenters. The van der Waals surface area contributed by atoms with Gasteiger partial charge in [0.2, 0.25) is 0 Å². The van der Waals surface area contributed by atoms with Crippen molar-refractivity contribution in [3.8, 4) is 6.07 Å². The van der Waals surface area contributed by atoms with Gasteiger partial charge in [0.05, 0.1) is 18.1 Å². The van der Waals surface area contributed by atoms with Gasteiger partial charge in [-0.1, -0.05) is 0 Å². The Morgan fingerprint density at radius 1 is 1.58 bits per heavy atom. The molecule has 0 radical (unpaired) electrons. The second kappa shape index (κ2) is 3.81. The Hall–Kier alpha value is -1.45. The zero-order chi connectivity index (χ0) is 8.97. The van der Waals surface area contributed by atoms with Gasteiger partial charge >= 0.3 is 7.12 Å². The van der Waals surface area contributed by atoms with Crippen molar-refractivity contribution in [1.29, 1.82) is 5.26 Å². The maximum Gasteiger partial charge on any atom is 0.508 e. The lowest BCUT2D eigenvalue weighted by Crippen LogP contribution is -2.33. The number of hydrogen-bond donors (Lipinski definition) is 2. The van der Waals surface area contributed by atoms with Gasteiger partial charge in [-0.3, -0.25) is 0 Å². The lowest BCUT2D eigenvalue weighted by atomic mass is 9.86. The maximum atomic E-state index is 8.70. The predicted molar refractivity (Wildman–Crippen MR) is 41.2 cm³/mol. The molecule has 0 amide bonds. The molecule has 1 heterocycles. The molecule has 0 spiro atoms. The van der Waals surface area contributed by atoms with Gasteiger partial charge in [0, 0.05) is 6.20 Å². The van der Waals surface area contributed by atoms with E-state index in [1.807, 2.05) is 6.07 Å². The minimum Gasteiger partial charge on any atom is -0.422 e. The van der Waals surface area contributed by atoms with E-state index >= 15 is 0 Å². The number of rotatable bonds is 2. The summed E-state index contributed by atoms with van der Waals surface area (Å²) in [6.07, 6.45) is 1.45. The Labute approximate surface area is 69.5 Å². The first-order chi connectivity index (χ1) is 5.74. The summed E-state index contributed by atoms with van der Waals surface area (Å²) in [6.45, 7) is 0. The molecule has 0 fully saturated rings. The van der Waals surface area contributed by atoms with Crippen LogP contribution < -0.4 is 5.59 Å². The molecule has 1 rings (SSSR count). The number of aromatic nitrogens is 2. The maximum absolute atomic E-state index is 8.70. The van der Waals surface area contributed by atoms with E-state index in [1.165, 1.54) is 12.3 Å². The standard InChI is InChI=1S/C6H6BN3O2/c8-3-1-6-9-4-2-5(10-6)7(11)12/h2,4,11-12H,1H2. The molecule has 0 saturated heterocycles. The topological polar surface area (TPSA) is 90.0 Å². The highest BCUT2D eigenvalue weighted by Gasteiger charge is 2.12. The Bertz CT molecular complexity index is 310. The molecule has 6 heteroatoms. The van der Waals surface area contributed by atoms with Crippen LogP contribution in [0.3, 0.4) is 0 Å². The fourth-order valence-electron chi connectivity index (χ4n) is 0.715. The van der Waals surface area contributed by atoms with Gasteiger partial charge in [-0.15, -0.1) is 0 Å². The molecule has 2 N–H and O–H groups in total. The summed E-state index contributed by atoms with van der Waals surface area (Å²) in [5.74, 6) is 0.295. The lowest BCUT2D eigenvalue weighted by molar-refractivity contribution is 0.424. The molecule has 0 aromatic carbocycles. The molecular formula is C6H6BN3O2. The van der Waals surface area contributed by atoms with E-state index < -0.39 is 7.12 Å². The van der Waals surface area contributed by atoms with Crippen LogP contribution in [0.25, 0.3) is 0 Å². The van der Waals surface area contributed by atoms with Crippen molar-refractivity contribution in [3.63, 3.8) is 0 Å². The zero-order valence-electron chi connectivity index (χ0n) is 6.18. The first kappa shape index (κ1) is 8.65. The van der Waals surface area contributed by atoms with Crippen LogP contribution in [-0.2, 0) is 6.42 Å². The van der Waals surface area contributed by atoms with Crippen molar-refractivity contribution in [2.45, 2.75) is 6.42 Å². The zero-order valence-corrected chi connectivity index (χ0v) is 6.18. The van der Waals surface area contributed by atoms with Crippen molar-refractivity contribution < 1.29 is 10.0 Å². The molecular weight excluding hydrogens is 157 g/mol. The summed E-state index contributed by atoms with van der Waals surface area (Å²) in [5.41, 5.74) is 0.107. The smallest absolute Gasteiger partial charge is 0.422 e. The summed E-state index contributed by atoms with van der Waals surface area (Å²) in [5, 5.41) is 25.7. The van der Waals surface area contributed by atoms with Crippen LogP contribution in [0.2, 0.25) is 0 Å². The molecule has 0 bridgehead atoms. The van der Waals surface area contributed by atoms with Crippen molar-refractivity contribution in [2.75, 3.05) is 0 Å². The lowest BCUT2D eigenvalue weighted by Gasteiger charge is -1.98. The van der Waals surface area contributed by atoms with E-state index in [2.05, 4.69) is 9.97 Å². The van der Waals surface area contributed by atoms with Crippen molar-refractivity contribution >= 4 is 12.7 Å². The molecule has 5 nitrogen and oxygen atoms in total. The van der Waals surface area contributed by atoms with Crippen molar-refractivity contribution in [2.24, 2.45) is 0 Å². The highest BCUT2D eigenvalue weighted by molar-refractivity contribution is 6.57. The predicted octanol–water partition coefficient (Wildman–Crippen LogP) is -1.78. The van der Waals surface area contributed by atoms with E-state index in [0.717, 1.165) is 0 Å². The van der Waals surface area contributed by atoms with E-state index in [1.54, 1.807) is 0 Å². The molecule has 0 aliphatic rings. The highest BCUT2D eigenvalue weighted by Crippen LogP contribution is 1.86. The van der Waals surface area contributed by atoms with E-state index in [4.69, 9.17) is 15.3 Å². The van der Waals surface area contributed by atoms with Crippen LogP contribution in [0.15, 0.2) is 12.3 Å². The quantitative estimate of drug-likeness (QED) is 0.503. The first-order valence-corrected chi connectivity index (χ1v) is 3.29. The largest absolute Gasteiger partial charge is 0.508 e. The number of nitrogens with zero attached hydrogens (tertiary/aromatic N) is 3. The van der Waals surface area contributed by atoms with Gasteiger partial charge < -0.3 is 10.0 Å². The van der Waals surface area contributed by atoms with Crippen molar-refractivity contribution in [3.05, 3.63) is 18.1 Å². The third-order valence-electron chi connectivity index (χ3n) is 1.23. The molecule has 0 unspecified atom stereocenters. The molecule has 1 aromatic heterocycles. The van der Waals surface area contributed by atoms with Gasteiger partial charge in [0.15, 0.2) is 0 Å². The van der Waals surface area contributed by atoms with Gasteiger partial charge in [0.25, 0.3) is 0 Å². The highest BCUT2D eigenvalue weighted by atomic mass is 16.4. The van der Waals surface area contributed by atoms with Gasteiger partial charge in [-0.2, -0.15) is 5.26 Å². The Morgan fingerprint density at radius 3 is 2.92 bits per heavy atom. The minimum atomic E-state index is -1.61. The normalized spacial score (nSPS) is 9.08. The van der Waals surface area contributed by atoms with Crippen molar-refractivity contribution in [1.82, 2.24) is 9.97 Å². The van der Waals surface area contributed by atoms with Crippen LogP contribution in [0.4, 0.5) is 0 Å². The summed E-state index contributed by atoms with van der Waals surface area (Å²) in [4.78, 5) is 7.48. The second-order valence-corrected chi connectivity index (χ2v) is 2.11. The fourth-order valence-corrected chi connectivity index (χ4v) is 0.715. The van der Waals surface area contributed by atoms with Crippen LogP contribution in [0, 0.1) is 11.3 Å². The molecule has 0 aliphatic heterocycles. The monoisotopic (exact) mass is 163 g/mol. The van der Waals surface area contributed by atoms with Crippen LogP contribution in [0.5, 0.6) is 0 Å². The molecule has 0 saturated carbocycles. The summed E-state index contributed by atoms with van der Waals surface area (Å²) in [6, 6.07) is 3.24. The van der Waals surface area contributed by atoms with Crippen LogP contribution in [-0.4, -0.2) is 27.1 Å². The third kappa shape index (κ3) is 2.02. The van der Waals surface area contributed by atoms with Gasteiger partial charge in [-0.05, 0) is 6.07 Å². The van der Waals surface area contributed by atoms with Gasteiger partial charge in [-0.25, -0.2) is 9.97 Å². The average molecular weight is 163 g/mol. The molecule has 60 valence electrons. The van der Waals surface area contributed by atoms with Crippen LogP contribution >= 0.6 is 0 Å². The van der Waals surface area contributed by atoms with Gasteiger partial charge in [0.1, 0.15) is 5.82 Å².